The van der Waals surface area contributed by atoms with Crippen LogP contribution >= 0.6 is 0 Å². The summed E-state index contributed by atoms with van der Waals surface area (Å²) in [5.74, 6) is 1.55. The molecule has 0 aromatic carbocycles. The van der Waals surface area contributed by atoms with Gasteiger partial charge in [-0.15, -0.1) is 6.58 Å². The molecule has 2 atom stereocenters. The number of unbranched alkanes of at least 4 members (excludes halogenated alkanes) is 3. The molecule has 0 N–H and O–H groups in total. The lowest BCUT2D eigenvalue weighted by Gasteiger charge is -2.07. The zero-order valence-electron chi connectivity index (χ0n) is 12.3. The molecule has 0 aliphatic carbocycles. The second-order valence-corrected chi connectivity index (χ2v) is 5.46. The van der Waals surface area contributed by atoms with Gasteiger partial charge in [-0.05, 0) is 37.5 Å². The molecule has 0 radical (unpaired) electrons. The van der Waals surface area contributed by atoms with Crippen LogP contribution in [0.4, 0.5) is 0 Å². The molecule has 2 unspecified atom stereocenters. The summed E-state index contributed by atoms with van der Waals surface area (Å²) >= 11 is 0. The van der Waals surface area contributed by atoms with Gasteiger partial charge < -0.3 is 0 Å². The fourth-order valence-corrected chi connectivity index (χ4v) is 2.10. The topological polar surface area (TPSA) is 0 Å². The predicted molar refractivity (Wildman–Crippen MR) is 80.3 cm³/mol. The van der Waals surface area contributed by atoms with Crippen LogP contribution in [0.25, 0.3) is 0 Å². The highest BCUT2D eigenvalue weighted by Crippen LogP contribution is 2.14. The van der Waals surface area contributed by atoms with E-state index in [9.17, 15) is 0 Å². The highest BCUT2D eigenvalue weighted by molar-refractivity contribution is 4.87. The van der Waals surface area contributed by atoms with Gasteiger partial charge in [0.05, 0.1) is 0 Å². The fourth-order valence-electron chi connectivity index (χ4n) is 2.10. The quantitative estimate of drug-likeness (QED) is 0.298. The molecule has 100 valence electrons. The van der Waals surface area contributed by atoms with Crippen molar-refractivity contribution in [3.05, 3.63) is 24.8 Å². The molecule has 0 aliphatic rings. The molecular formula is C17H32. The third-order valence-corrected chi connectivity index (χ3v) is 3.37. The molecule has 0 aromatic heterocycles. The van der Waals surface area contributed by atoms with Crippen molar-refractivity contribution < 1.29 is 0 Å². The average Bonchev–Trinajstić information content (AvgIpc) is 2.31. The van der Waals surface area contributed by atoms with E-state index in [0.29, 0.717) is 0 Å². The summed E-state index contributed by atoms with van der Waals surface area (Å²) in [6, 6.07) is 0. The lowest BCUT2D eigenvalue weighted by molar-refractivity contribution is 0.540. The summed E-state index contributed by atoms with van der Waals surface area (Å²) in [6.07, 6.45) is 17.4. The van der Waals surface area contributed by atoms with Crippen molar-refractivity contribution in [2.24, 2.45) is 11.8 Å². The van der Waals surface area contributed by atoms with Crippen LogP contribution in [-0.4, -0.2) is 0 Å². The standard InChI is InChI=1S/C17H32/c1-5-7-8-9-13-17(4)15-11-10-14-16(3)12-6-2/h6,11,15-17H,2,5,7-10,12-14H2,1,3-4H3. The minimum Gasteiger partial charge on any atom is -0.103 e. The van der Waals surface area contributed by atoms with Gasteiger partial charge in [0.1, 0.15) is 0 Å². The second kappa shape index (κ2) is 12.0. The molecule has 0 saturated carbocycles. The van der Waals surface area contributed by atoms with E-state index in [0.717, 1.165) is 18.3 Å². The van der Waals surface area contributed by atoms with Gasteiger partial charge in [0, 0.05) is 0 Å². The van der Waals surface area contributed by atoms with Crippen molar-refractivity contribution >= 4 is 0 Å². The van der Waals surface area contributed by atoms with Crippen LogP contribution in [0.5, 0.6) is 0 Å². The van der Waals surface area contributed by atoms with Crippen LogP contribution in [0.2, 0.25) is 0 Å². The molecule has 0 fully saturated rings. The van der Waals surface area contributed by atoms with Crippen LogP contribution in [0.15, 0.2) is 24.8 Å². The Balaban J connectivity index is 3.45. The SMILES string of the molecule is C=CCC(C)CCC=CC(C)CCCCCC. The van der Waals surface area contributed by atoms with Gasteiger partial charge in [0.2, 0.25) is 0 Å². The maximum absolute atomic E-state index is 3.79. The van der Waals surface area contributed by atoms with Crippen molar-refractivity contribution in [1.82, 2.24) is 0 Å². The van der Waals surface area contributed by atoms with Crippen LogP contribution in [-0.2, 0) is 0 Å². The molecule has 0 aromatic rings. The monoisotopic (exact) mass is 236 g/mol. The van der Waals surface area contributed by atoms with Crippen molar-refractivity contribution in [2.75, 3.05) is 0 Å². The summed E-state index contributed by atoms with van der Waals surface area (Å²) in [7, 11) is 0. The van der Waals surface area contributed by atoms with Crippen LogP contribution < -0.4 is 0 Å². The van der Waals surface area contributed by atoms with Crippen molar-refractivity contribution in [3.8, 4) is 0 Å². The zero-order chi connectivity index (χ0) is 12.9. The lowest BCUT2D eigenvalue weighted by atomic mass is 9.99. The van der Waals surface area contributed by atoms with E-state index in [1.165, 1.54) is 44.9 Å². The molecule has 0 saturated heterocycles. The molecule has 0 rings (SSSR count). The molecule has 17 heavy (non-hydrogen) atoms. The van der Waals surface area contributed by atoms with Crippen molar-refractivity contribution in [2.45, 2.75) is 72.1 Å². The van der Waals surface area contributed by atoms with Gasteiger partial charge in [-0.2, -0.15) is 0 Å². The summed E-state index contributed by atoms with van der Waals surface area (Å²) in [5, 5.41) is 0. The molecule has 0 heterocycles. The Morgan fingerprint density at radius 1 is 1.06 bits per heavy atom. The maximum atomic E-state index is 3.79. The van der Waals surface area contributed by atoms with Crippen molar-refractivity contribution in [1.29, 1.82) is 0 Å². The van der Waals surface area contributed by atoms with Gasteiger partial charge in [-0.1, -0.05) is 64.7 Å². The van der Waals surface area contributed by atoms with Gasteiger partial charge in [-0.25, -0.2) is 0 Å². The summed E-state index contributed by atoms with van der Waals surface area (Å²) in [6.45, 7) is 10.7. The Kier molecular flexibility index (Phi) is 11.6. The molecule has 0 nitrogen and oxygen atoms in total. The van der Waals surface area contributed by atoms with Crippen LogP contribution in [0, 0.1) is 11.8 Å². The molecule has 0 aliphatic heterocycles. The summed E-state index contributed by atoms with van der Waals surface area (Å²) < 4.78 is 0. The Hall–Kier alpha value is -0.520. The first-order valence-electron chi connectivity index (χ1n) is 7.48. The van der Waals surface area contributed by atoms with Crippen LogP contribution in [0.1, 0.15) is 72.1 Å². The molecule has 0 heteroatoms. The third kappa shape index (κ3) is 11.7. The first kappa shape index (κ1) is 16.5. The number of hydrogen-bond donors (Lipinski definition) is 0. The highest BCUT2D eigenvalue weighted by Gasteiger charge is 1.98. The highest BCUT2D eigenvalue weighted by atomic mass is 14.0. The van der Waals surface area contributed by atoms with Gasteiger partial charge >= 0.3 is 0 Å². The number of rotatable bonds is 11. The van der Waals surface area contributed by atoms with E-state index in [2.05, 4.69) is 39.5 Å². The molecule has 0 amide bonds. The Morgan fingerprint density at radius 3 is 2.47 bits per heavy atom. The number of hydrogen-bond acceptors (Lipinski definition) is 0. The van der Waals surface area contributed by atoms with E-state index >= 15 is 0 Å². The van der Waals surface area contributed by atoms with E-state index in [1.54, 1.807) is 0 Å². The third-order valence-electron chi connectivity index (χ3n) is 3.37. The Bertz CT molecular complexity index is 190. The summed E-state index contributed by atoms with van der Waals surface area (Å²) in [5.41, 5.74) is 0. The molecule has 0 bridgehead atoms. The molecule has 0 spiro atoms. The fraction of sp³-hybridized carbons (Fsp3) is 0.765. The largest absolute Gasteiger partial charge is 0.103 e. The predicted octanol–water partition coefficient (Wildman–Crippen LogP) is 6.14. The maximum Gasteiger partial charge on any atom is -0.0262 e. The van der Waals surface area contributed by atoms with E-state index < -0.39 is 0 Å². The lowest BCUT2D eigenvalue weighted by Crippen LogP contribution is -1.92. The second-order valence-electron chi connectivity index (χ2n) is 5.46. The average molecular weight is 236 g/mol. The van der Waals surface area contributed by atoms with Gasteiger partial charge in [0.25, 0.3) is 0 Å². The summed E-state index contributed by atoms with van der Waals surface area (Å²) in [4.78, 5) is 0. The van der Waals surface area contributed by atoms with E-state index in [4.69, 9.17) is 0 Å². The first-order chi connectivity index (χ1) is 8.20. The Labute approximate surface area is 109 Å². The van der Waals surface area contributed by atoms with Gasteiger partial charge in [0.15, 0.2) is 0 Å². The molecular weight excluding hydrogens is 204 g/mol. The minimum atomic E-state index is 0.765. The van der Waals surface area contributed by atoms with E-state index in [-0.39, 0.29) is 0 Å². The van der Waals surface area contributed by atoms with Crippen LogP contribution in [0.3, 0.4) is 0 Å². The first-order valence-corrected chi connectivity index (χ1v) is 7.48. The Morgan fingerprint density at radius 2 is 1.82 bits per heavy atom. The normalized spacial score (nSPS) is 15.0. The minimum absolute atomic E-state index is 0.765. The van der Waals surface area contributed by atoms with E-state index in [1.807, 2.05) is 6.08 Å². The number of allylic oxidation sites excluding steroid dienone is 3. The van der Waals surface area contributed by atoms with Crippen molar-refractivity contribution in [3.63, 3.8) is 0 Å². The van der Waals surface area contributed by atoms with Gasteiger partial charge in [-0.3, -0.25) is 0 Å². The zero-order valence-corrected chi connectivity index (χ0v) is 12.3. The smallest absolute Gasteiger partial charge is 0.0262 e.